The van der Waals surface area contributed by atoms with Gasteiger partial charge in [0.15, 0.2) is 6.61 Å². The van der Waals surface area contributed by atoms with E-state index in [0.29, 0.717) is 5.56 Å². The van der Waals surface area contributed by atoms with E-state index in [-0.39, 0.29) is 11.3 Å². The highest BCUT2D eigenvalue weighted by molar-refractivity contribution is 5.95. The summed E-state index contributed by atoms with van der Waals surface area (Å²) in [6, 6.07) is 4.32. The quantitative estimate of drug-likeness (QED) is 0.485. The molecule has 1 N–H and O–H groups in total. The molecule has 0 radical (unpaired) electrons. The summed E-state index contributed by atoms with van der Waals surface area (Å²) in [7, 11) is 1.39. The molecule has 96 valence electrons. The molecular formula is C11H12N2O5. The van der Waals surface area contributed by atoms with E-state index in [4.69, 9.17) is 0 Å². The summed E-state index contributed by atoms with van der Waals surface area (Å²) in [5, 5.41) is 13.1. The van der Waals surface area contributed by atoms with Gasteiger partial charge in [0.2, 0.25) is 0 Å². The summed E-state index contributed by atoms with van der Waals surface area (Å²) >= 11 is 0. The molecule has 0 atom stereocenters. The highest BCUT2D eigenvalue weighted by atomic mass is 16.6. The van der Waals surface area contributed by atoms with Crippen LogP contribution in [0.5, 0.6) is 0 Å². The smallest absolute Gasteiger partial charge is 0.345 e. The molecule has 0 bridgehead atoms. The van der Waals surface area contributed by atoms with Gasteiger partial charge >= 0.3 is 5.97 Å². The van der Waals surface area contributed by atoms with Gasteiger partial charge in [-0.1, -0.05) is 12.1 Å². The number of nitro benzene ring substituents is 1. The average molecular weight is 252 g/mol. The van der Waals surface area contributed by atoms with Crippen LogP contribution in [0.4, 0.5) is 5.69 Å². The summed E-state index contributed by atoms with van der Waals surface area (Å²) in [5.41, 5.74) is -0.113. The lowest BCUT2D eigenvalue weighted by molar-refractivity contribution is -0.385. The molecule has 0 aliphatic heterocycles. The lowest BCUT2D eigenvalue weighted by atomic mass is 10.1. The number of carbonyl (C=O) groups excluding carboxylic acids is 2. The van der Waals surface area contributed by atoms with Crippen LogP contribution in [0.1, 0.15) is 15.9 Å². The van der Waals surface area contributed by atoms with E-state index in [2.05, 4.69) is 10.1 Å². The van der Waals surface area contributed by atoms with Crippen molar-refractivity contribution in [1.82, 2.24) is 5.32 Å². The first-order valence-corrected chi connectivity index (χ1v) is 5.09. The second kappa shape index (κ2) is 5.76. The van der Waals surface area contributed by atoms with Crippen LogP contribution in [0.3, 0.4) is 0 Å². The maximum atomic E-state index is 11.6. The first-order chi connectivity index (χ1) is 8.47. The van der Waals surface area contributed by atoms with E-state index in [1.807, 2.05) is 0 Å². The summed E-state index contributed by atoms with van der Waals surface area (Å²) in [6.45, 7) is 1.05. The summed E-state index contributed by atoms with van der Waals surface area (Å²) in [6.07, 6.45) is 0. The molecule has 0 saturated heterocycles. The summed E-state index contributed by atoms with van der Waals surface area (Å²) in [4.78, 5) is 32.8. The first kappa shape index (κ1) is 13.6. The van der Waals surface area contributed by atoms with Crippen molar-refractivity contribution in [3.05, 3.63) is 39.4 Å². The second-order valence-electron chi connectivity index (χ2n) is 3.48. The highest BCUT2D eigenvalue weighted by Crippen LogP contribution is 2.23. The average Bonchev–Trinajstić information content (AvgIpc) is 2.34. The standard InChI is InChI=1S/C11H12N2O5/c1-7-4-3-5-8(10(7)13(16)17)11(15)18-6-9(14)12-2/h3-5H,6H2,1-2H3,(H,12,14). The van der Waals surface area contributed by atoms with Crippen molar-refractivity contribution in [3.63, 3.8) is 0 Å². The molecule has 7 heteroatoms. The predicted molar refractivity (Wildman–Crippen MR) is 62.2 cm³/mol. The van der Waals surface area contributed by atoms with Crippen LogP contribution in [-0.4, -0.2) is 30.5 Å². The number of hydrogen-bond donors (Lipinski definition) is 1. The lowest BCUT2D eigenvalue weighted by Gasteiger charge is -2.05. The van der Waals surface area contributed by atoms with Gasteiger partial charge in [0, 0.05) is 12.6 Å². The minimum absolute atomic E-state index is 0.163. The number of hydrogen-bond acceptors (Lipinski definition) is 5. The third-order valence-corrected chi connectivity index (χ3v) is 2.25. The number of aryl methyl sites for hydroxylation is 1. The molecule has 1 amide bonds. The van der Waals surface area contributed by atoms with Crippen molar-refractivity contribution >= 4 is 17.6 Å². The predicted octanol–water partition coefficient (Wildman–Crippen LogP) is 0.806. The van der Waals surface area contributed by atoms with E-state index in [9.17, 15) is 19.7 Å². The summed E-state index contributed by atoms with van der Waals surface area (Å²) in [5.74, 6) is -1.38. The van der Waals surface area contributed by atoms with Crippen molar-refractivity contribution in [3.8, 4) is 0 Å². The third kappa shape index (κ3) is 3.03. The Kier molecular flexibility index (Phi) is 4.36. The SMILES string of the molecule is CNC(=O)COC(=O)c1cccc(C)c1[N+](=O)[O-]. The number of esters is 1. The van der Waals surface area contributed by atoms with Crippen molar-refractivity contribution in [2.45, 2.75) is 6.92 Å². The zero-order chi connectivity index (χ0) is 13.7. The number of nitro groups is 1. The van der Waals surface area contributed by atoms with Crippen LogP contribution in [0.25, 0.3) is 0 Å². The molecule has 0 saturated carbocycles. The van der Waals surface area contributed by atoms with E-state index in [0.717, 1.165) is 0 Å². The minimum Gasteiger partial charge on any atom is -0.452 e. The molecule has 0 heterocycles. The Morgan fingerprint density at radius 3 is 2.67 bits per heavy atom. The first-order valence-electron chi connectivity index (χ1n) is 5.09. The maximum Gasteiger partial charge on any atom is 0.345 e. The molecule has 1 rings (SSSR count). The zero-order valence-corrected chi connectivity index (χ0v) is 9.93. The van der Waals surface area contributed by atoms with Crippen LogP contribution in [-0.2, 0) is 9.53 Å². The molecule has 0 aromatic heterocycles. The molecule has 1 aromatic rings. The van der Waals surface area contributed by atoms with Gasteiger partial charge in [0.1, 0.15) is 5.56 Å². The Morgan fingerprint density at radius 2 is 2.11 bits per heavy atom. The minimum atomic E-state index is -0.894. The Hall–Kier alpha value is -2.44. The van der Waals surface area contributed by atoms with E-state index in [1.54, 1.807) is 0 Å². The highest BCUT2D eigenvalue weighted by Gasteiger charge is 2.23. The van der Waals surface area contributed by atoms with Gasteiger partial charge in [-0.25, -0.2) is 4.79 Å². The number of rotatable bonds is 4. The fourth-order valence-corrected chi connectivity index (χ4v) is 1.35. The molecule has 7 nitrogen and oxygen atoms in total. The summed E-state index contributed by atoms with van der Waals surface area (Å²) < 4.78 is 4.67. The third-order valence-electron chi connectivity index (χ3n) is 2.25. The normalized spacial score (nSPS) is 9.67. The van der Waals surface area contributed by atoms with Crippen LogP contribution in [0, 0.1) is 17.0 Å². The Balaban J connectivity index is 2.96. The van der Waals surface area contributed by atoms with Gasteiger partial charge in [-0.3, -0.25) is 14.9 Å². The van der Waals surface area contributed by atoms with Gasteiger partial charge in [-0.05, 0) is 13.0 Å². The number of para-hydroxylation sites is 1. The number of amides is 1. The molecule has 0 unspecified atom stereocenters. The topological polar surface area (TPSA) is 98.5 Å². The molecule has 0 aliphatic carbocycles. The largest absolute Gasteiger partial charge is 0.452 e. The lowest BCUT2D eigenvalue weighted by Crippen LogP contribution is -2.25. The van der Waals surface area contributed by atoms with Crippen LogP contribution < -0.4 is 5.32 Å². The number of carbonyl (C=O) groups is 2. The van der Waals surface area contributed by atoms with Crippen LogP contribution in [0.2, 0.25) is 0 Å². The van der Waals surface area contributed by atoms with Crippen LogP contribution in [0.15, 0.2) is 18.2 Å². The van der Waals surface area contributed by atoms with Gasteiger partial charge in [-0.15, -0.1) is 0 Å². The second-order valence-corrected chi connectivity index (χ2v) is 3.48. The number of ether oxygens (including phenoxy) is 1. The van der Waals surface area contributed by atoms with E-state index < -0.39 is 23.4 Å². The van der Waals surface area contributed by atoms with Crippen molar-refractivity contribution in [1.29, 1.82) is 0 Å². The Morgan fingerprint density at radius 1 is 1.44 bits per heavy atom. The monoisotopic (exact) mass is 252 g/mol. The number of nitrogens with one attached hydrogen (secondary N) is 1. The van der Waals surface area contributed by atoms with E-state index in [1.165, 1.54) is 32.2 Å². The molecular weight excluding hydrogens is 240 g/mol. The van der Waals surface area contributed by atoms with Gasteiger partial charge in [0.05, 0.1) is 4.92 Å². The Labute approximate surface area is 103 Å². The molecule has 0 fully saturated rings. The van der Waals surface area contributed by atoms with Crippen molar-refractivity contribution in [2.75, 3.05) is 13.7 Å². The zero-order valence-electron chi connectivity index (χ0n) is 9.93. The number of nitrogens with zero attached hydrogens (tertiary/aromatic N) is 1. The molecule has 18 heavy (non-hydrogen) atoms. The maximum absolute atomic E-state index is 11.6. The Bertz CT molecular complexity index is 498. The van der Waals surface area contributed by atoms with Gasteiger partial charge < -0.3 is 10.1 Å². The molecule has 0 spiro atoms. The van der Waals surface area contributed by atoms with Crippen molar-refractivity contribution in [2.24, 2.45) is 0 Å². The fraction of sp³-hybridized carbons (Fsp3) is 0.273. The van der Waals surface area contributed by atoms with E-state index >= 15 is 0 Å². The van der Waals surface area contributed by atoms with Gasteiger partial charge in [0.25, 0.3) is 11.6 Å². The number of likely N-dealkylation sites (N-methyl/N-ethyl adjacent to an activating group) is 1. The van der Waals surface area contributed by atoms with Crippen molar-refractivity contribution < 1.29 is 19.2 Å². The number of benzene rings is 1. The van der Waals surface area contributed by atoms with Crippen LogP contribution >= 0.6 is 0 Å². The molecule has 1 aromatic carbocycles. The van der Waals surface area contributed by atoms with Gasteiger partial charge in [-0.2, -0.15) is 0 Å². The fourth-order valence-electron chi connectivity index (χ4n) is 1.35. The molecule has 0 aliphatic rings.